The van der Waals surface area contributed by atoms with E-state index in [1.54, 1.807) is 0 Å². The zero-order valence-electron chi connectivity index (χ0n) is 13.6. The van der Waals surface area contributed by atoms with E-state index in [1.807, 2.05) is 7.05 Å². The second kappa shape index (κ2) is 6.82. The Bertz CT molecular complexity index is 530. The minimum absolute atomic E-state index is 0.115. The fourth-order valence-electron chi connectivity index (χ4n) is 3.95. The van der Waals surface area contributed by atoms with Crippen LogP contribution >= 0.6 is 0 Å². The van der Waals surface area contributed by atoms with Crippen molar-refractivity contribution in [3.05, 3.63) is 41.4 Å². The lowest BCUT2D eigenvalue weighted by molar-refractivity contribution is -0.124. The average Bonchev–Trinajstić information content (AvgIpc) is 2.56. The van der Waals surface area contributed by atoms with Crippen molar-refractivity contribution in [2.45, 2.75) is 51.0 Å². The Balaban J connectivity index is 1.74. The minimum atomic E-state index is -0.186. The number of nitrogens with two attached hydrogens (primary N) is 1. The van der Waals surface area contributed by atoms with Crippen LogP contribution in [0.1, 0.15) is 44.9 Å². The largest absolute Gasteiger partial charge is 0.368 e. The predicted molar refractivity (Wildman–Crippen MR) is 90.0 cm³/mol. The quantitative estimate of drug-likeness (QED) is 0.870. The summed E-state index contributed by atoms with van der Waals surface area (Å²) >= 11 is 0. The van der Waals surface area contributed by atoms with Crippen LogP contribution in [0.5, 0.6) is 0 Å². The molecule has 0 saturated carbocycles. The van der Waals surface area contributed by atoms with E-state index in [0.29, 0.717) is 5.92 Å². The molecule has 3 nitrogen and oxygen atoms in total. The molecule has 2 aliphatic carbocycles. The molecular formula is C19H27N2O. The molecule has 22 heavy (non-hydrogen) atoms. The number of likely N-dealkylation sites (N-methyl/N-ethyl adjacent to an activating group) is 1. The number of amides is 1. The van der Waals surface area contributed by atoms with E-state index in [9.17, 15) is 4.79 Å². The van der Waals surface area contributed by atoms with Crippen molar-refractivity contribution in [3.8, 4) is 0 Å². The molecule has 1 aliphatic heterocycles. The van der Waals surface area contributed by atoms with Crippen molar-refractivity contribution in [2.24, 2.45) is 11.7 Å². The highest BCUT2D eigenvalue weighted by Gasteiger charge is 2.31. The van der Waals surface area contributed by atoms with Gasteiger partial charge in [0.15, 0.2) is 0 Å². The maximum absolute atomic E-state index is 11.6. The van der Waals surface area contributed by atoms with Crippen LogP contribution in [0.4, 0.5) is 0 Å². The second-order valence-corrected chi connectivity index (χ2v) is 6.84. The van der Waals surface area contributed by atoms with E-state index in [-0.39, 0.29) is 11.9 Å². The molecule has 1 radical (unpaired) electrons. The third-order valence-electron chi connectivity index (χ3n) is 5.35. The summed E-state index contributed by atoms with van der Waals surface area (Å²) in [7, 11) is 2.00. The maximum Gasteiger partial charge on any atom is 0.234 e. The van der Waals surface area contributed by atoms with E-state index < -0.39 is 0 Å². The van der Waals surface area contributed by atoms with Gasteiger partial charge in [0.25, 0.3) is 0 Å². The highest BCUT2D eigenvalue weighted by Crippen LogP contribution is 2.35. The molecule has 2 atom stereocenters. The lowest BCUT2D eigenvalue weighted by Gasteiger charge is -2.36. The number of hydrogen-bond acceptors (Lipinski definition) is 2. The van der Waals surface area contributed by atoms with Crippen molar-refractivity contribution >= 4 is 5.91 Å². The molecule has 1 amide bonds. The zero-order chi connectivity index (χ0) is 15.5. The van der Waals surface area contributed by atoms with Gasteiger partial charge in [-0.15, -0.1) is 0 Å². The molecule has 0 spiro atoms. The van der Waals surface area contributed by atoms with E-state index in [1.165, 1.54) is 42.4 Å². The van der Waals surface area contributed by atoms with Crippen molar-refractivity contribution in [3.63, 3.8) is 0 Å². The second-order valence-electron chi connectivity index (χ2n) is 6.84. The number of likely N-dealkylation sites (tertiary alicyclic amines) is 1. The third-order valence-corrected chi connectivity index (χ3v) is 5.35. The summed E-state index contributed by atoms with van der Waals surface area (Å²) in [5.41, 5.74) is 9.93. The summed E-state index contributed by atoms with van der Waals surface area (Å²) in [6.07, 6.45) is 17.5. The lowest BCUT2D eigenvalue weighted by atomic mass is 9.79. The third kappa shape index (κ3) is 3.35. The van der Waals surface area contributed by atoms with Crippen molar-refractivity contribution < 1.29 is 4.79 Å². The molecule has 3 aliphatic rings. The van der Waals surface area contributed by atoms with Crippen LogP contribution in [0, 0.1) is 12.3 Å². The fraction of sp³-hybridized carbons (Fsp3) is 0.579. The van der Waals surface area contributed by atoms with Crippen molar-refractivity contribution in [1.82, 2.24) is 4.90 Å². The molecule has 0 aromatic heterocycles. The summed E-state index contributed by atoms with van der Waals surface area (Å²) < 4.78 is 0. The van der Waals surface area contributed by atoms with Gasteiger partial charge in [0.05, 0.1) is 6.04 Å². The normalized spacial score (nSPS) is 30.3. The van der Waals surface area contributed by atoms with Gasteiger partial charge in [0, 0.05) is 0 Å². The van der Waals surface area contributed by atoms with Gasteiger partial charge in [-0.05, 0) is 87.6 Å². The lowest BCUT2D eigenvalue weighted by Crippen LogP contribution is -2.48. The molecule has 2 unspecified atom stereocenters. The van der Waals surface area contributed by atoms with Crippen molar-refractivity contribution in [1.29, 1.82) is 0 Å². The smallest absolute Gasteiger partial charge is 0.234 e. The van der Waals surface area contributed by atoms with Crippen molar-refractivity contribution in [2.75, 3.05) is 13.6 Å². The van der Waals surface area contributed by atoms with Crippen LogP contribution in [0.15, 0.2) is 34.9 Å². The molecule has 1 heterocycles. The molecule has 3 rings (SSSR count). The van der Waals surface area contributed by atoms with E-state index >= 15 is 0 Å². The van der Waals surface area contributed by atoms with E-state index in [2.05, 4.69) is 29.5 Å². The standard InChI is InChI=1S/C19H27N2O/c1-21-11-10-17(13-18(21)19(20)22)16-9-5-8-15(12-16)14-6-3-2-4-7-14/h6,8-9,12,17-18H,2-5,7,10-11,13H2,1H3,(H2,20,22). The van der Waals surface area contributed by atoms with Crippen LogP contribution < -0.4 is 5.73 Å². The number of carbonyl (C=O) groups excluding carboxylic acids is 1. The topological polar surface area (TPSA) is 46.3 Å². The van der Waals surface area contributed by atoms with Gasteiger partial charge in [-0.3, -0.25) is 9.69 Å². The first-order chi connectivity index (χ1) is 10.6. The number of allylic oxidation sites excluding steroid dienone is 6. The summed E-state index contributed by atoms with van der Waals surface area (Å²) in [5.74, 6) is 0.288. The SMILES string of the molecule is CN1CCC(C2=CC[CH]C(C3=CCCCC3)=C2)CC1C(N)=O. The first-order valence-corrected chi connectivity index (χ1v) is 8.59. The molecular weight excluding hydrogens is 272 g/mol. The van der Waals surface area contributed by atoms with Gasteiger partial charge in [0.2, 0.25) is 5.91 Å². The monoisotopic (exact) mass is 299 g/mol. The first kappa shape index (κ1) is 15.5. The van der Waals surface area contributed by atoms with Gasteiger partial charge in [0.1, 0.15) is 0 Å². The Kier molecular flexibility index (Phi) is 4.82. The number of piperidine rings is 1. The number of primary amides is 1. The Hall–Kier alpha value is -1.35. The summed E-state index contributed by atoms with van der Waals surface area (Å²) in [4.78, 5) is 13.7. The predicted octanol–water partition coefficient (Wildman–Crippen LogP) is 3.14. The number of rotatable bonds is 3. The van der Waals surface area contributed by atoms with E-state index in [0.717, 1.165) is 25.8 Å². The van der Waals surface area contributed by atoms with Crippen LogP contribution in [0.2, 0.25) is 0 Å². The maximum atomic E-state index is 11.6. The van der Waals surface area contributed by atoms with Gasteiger partial charge in [-0.1, -0.05) is 18.2 Å². The molecule has 0 aromatic rings. The fourth-order valence-corrected chi connectivity index (χ4v) is 3.95. The Labute approximate surface area is 133 Å². The Morgan fingerprint density at radius 3 is 2.91 bits per heavy atom. The number of nitrogens with zero attached hydrogens (tertiary/aromatic N) is 1. The summed E-state index contributed by atoms with van der Waals surface area (Å²) in [5, 5.41) is 0. The van der Waals surface area contributed by atoms with Gasteiger partial charge >= 0.3 is 0 Å². The van der Waals surface area contributed by atoms with Gasteiger partial charge < -0.3 is 5.73 Å². The summed E-state index contributed by atoms with van der Waals surface area (Å²) in [6.45, 7) is 0.950. The van der Waals surface area contributed by atoms with Crippen LogP contribution in [0.25, 0.3) is 0 Å². The Morgan fingerprint density at radius 1 is 1.32 bits per heavy atom. The number of hydrogen-bond donors (Lipinski definition) is 1. The van der Waals surface area contributed by atoms with Crippen LogP contribution in [-0.2, 0) is 4.79 Å². The zero-order valence-corrected chi connectivity index (χ0v) is 13.6. The average molecular weight is 299 g/mol. The number of carbonyl (C=O) groups is 1. The highest BCUT2D eigenvalue weighted by molar-refractivity contribution is 5.80. The molecule has 1 fully saturated rings. The van der Waals surface area contributed by atoms with Crippen LogP contribution in [-0.4, -0.2) is 30.4 Å². The van der Waals surface area contributed by atoms with Gasteiger partial charge in [-0.25, -0.2) is 0 Å². The Morgan fingerprint density at radius 2 is 2.18 bits per heavy atom. The van der Waals surface area contributed by atoms with Gasteiger partial charge in [-0.2, -0.15) is 0 Å². The summed E-state index contributed by atoms with van der Waals surface area (Å²) in [6, 6.07) is -0.115. The molecule has 0 aromatic carbocycles. The molecule has 3 heteroatoms. The molecule has 0 bridgehead atoms. The molecule has 119 valence electrons. The molecule has 2 N–H and O–H groups in total. The highest BCUT2D eigenvalue weighted by atomic mass is 16.1. The first-order valence-electron chi connectivity index (χ1n) is 8.59. The van der Waals surface area contributed by atoms with Crippen LogP contribution in [0.3, 0.4) is 0 Å². The molecule has 1 saturated heterocycles. The van der Waals surface area contributed by atoms with E-state index in [4.69, 9.17) is 5.73 Å². The minimum Gasteiger partial charge on any atom is -0.368 e.